The van der Waals surface area contributed by atoms with Crippen LogP contribution in [0.15, 0.2) is 29.2 Å². The fraction of sp³-hybridized carbons (Fsp3) is 0.538. The fourth-order valence-corrected chi connectivity index (χ4v) is 2.56. The van der Waals surface area contributed by atoms with Crippen LogP contribution in [0, 0.1) is 0 Å². The minimum atomic E-state index is -0.0404. The molecule has 18 heavy (non-hydrogen) atoms. The number of rotatable bonds is 3. The van der Waals surface area contributed by atoms with Gasteiger partial charge in [0.15, 0.2) is 5.65 Å². The zero-order chi connectivity index (χ0) is 12.4. The Kier molecular flexibility index (Phi) is 3.15. The van der Waals surface area contributed by atoms with Crippen LogP contribution in [0.1, 0.15) is 25.7 Å². The van der Waals surface area contributed by atoms with E-state index in [0.29, 0.717) is 12.6 Å². The standard InChI is InChI=1S/C13H18N4O/c18-13-16-9-4-2-6-12(16)15-17(13)10-7-11-5-1-3-8-14-11/h2,4,6,9,11,14H,1,3,5,7-8,10H2. The summed E-state index contributed by atoms with van der Waals surface area (Å²) in [6.07, 6.45) is 6.51. The number of fused-ring (bicyclic) bond motifs is 1. The molecule has 1 fully saturated rings. The van der Waals surface area contributed by atoms with Gasteiger partial charge in [0, 0.05) is 18.8 Å². The Morgan fingerprint density at radius 2 is 2.33 bits per heavy atom. The molecule has 5 heteroatoms. The molecule has 2 aromatic rings. The highest BCUT2D eigenvalue weighted by atomic mass is 16.2. The zero-order valence-electron chi connectivity index (χ0n) is 10.4. The van der Waals surface area contributed by atoms with Gasteiger partial charge in [-0.25, -0.2) is 9.48 Å². The molecule has 1 atom stereocenters. The van der Waals surface area contributed by atoms with Crippen molar-refractivity contribution < 1.29 is 0 Å². The normalized spacial score (nSPS) is 20.3. The predicted octanol–water partition coefficient (Wildman–Crippen LogP) is 1.03. The lowest BCUT2D eigenvalue weighted by atomic mass is 10.0. The summed E-state index contributed by atoms with van der Waals surface area (Å²) in [6, 6.07) is 6.14. The van der Waals surface area contributed by atoms with Gasteiger partial charge in [0.25, 0.3) is 0 Å². The number of hydrogen-bond donors (Lipinski definition) is 1. The minimum Gasteiger partial charge on any atom is -0.314 e. The summed E-state index contributed by atoms with van der Waals surface area (Å²) in [4.78, 5) is 12.0. The quantitative estimate of drug-likeness (QED) is 0.880. The molecule has 3 rings (SSSR count). The Bertz CT molecular complexity index is 580. The summed E-state index contributed by atoms with van der Waals surface area (Å²) in [5.74, 6) is 0. The largest absolute Gasteiger partial charge is 0.350 e. The summed E-state index contributed by atoms with van der Waals surface area (Å²) in [5, 5.41) is 7.83. The highest BCUT2D eigenvalue weighted by Crippen LogP contribution is 2.10. The Balaban J connectivity index is 1.74. The number of nitrogens with one attached hydrogen (secondary N) is 1. The lowest BCUT2D eigenvalue weighted by Gasteiger charge is -2.22. The second-order valence-corrected chi connectivity index (χ2v) is 4.87. The highest BCUT2D eigenvalue weighted by molar-refractivity contribution is 5.35. The molecule has 2 aromatic heterocycles. The van der Waals surface area contributed by atoms with Crippen LogP contribution in [-0.2, 0) is 6.54 Å². The molecule has 3 heterocycles. The molecular formula is C13H18N4O. The van der Waals surface area contributed by atoms with Crippen molar-refractivity contribution in [2.24, 2.45) is 0 Å². The molecule has 1 saturated heterocycles. The first kappa shape index (κ1) is 11.5. The van der Waals surface area contributed by atoms with Crippen molar-refractivity contribution in [2.75, 3.05) is 6.54 Å². The van der Waals surface area contributed by atoms with Crippen LogP contribution >= 0.6 is 0 Å². The average Bonchev–Trinajstić information content (AvgIpc) is 2.75. The summed E-state index contributed by atoms with van der Waals surface area (Å²) in [7, 11) is 0. The summed E-state index contributed by atoms with van der Waals surface area (Å²) in [6.45, 7) is 1.79. The van der Waals surface area contributed by atoms with Crippen LogP contribution in [-0.4, -0.2) is 26.8 Å². The second kappa shape index (κ2) is 4.94. The van der Waals surface area contributed by atoms with E-state index in [0.717, 1.165) is 18.6 Å². The van der Waals surface area contributed by atoms with E-state index in [9.17, 15) is 4.79 Å². The summed E-state index contributed by atoms with van der Waals surface area (Å²) >= 11 is 0. The molecule has 0 saturated carbocycles. The molecule has 0 radical (unpaired) electrons. The van der Waals surface area contributed by atoms with Gasteiger partial charge in [-0.1, -0.05) is 12.5 Å². The van der Waals surface area contributed by atoms with Gasteiger partial charge in [0.2, 0.25) is 0 Å². The first-order valence-electron chi connectivity index (χ1n) is 6.62. The Morgan fingerprint density at radius 1 is 1.39 bits per heavy atom. The SMILES string of the molecule is O=c1n(CCC2CCCCN2)nc2ccccn12. The first-order chi connectivity index (χ1) is 8.84. The van der Waals surface area contributed by atoms with Crippen molar-refractivity contribution in [3.8, 4) is 0 Å². The van der Waals surface area contributed by atoms with E-state index in [-0.39, 0.29) is 5.69 Å². The number of aromatic nitrogens is 3. The second-order valence-electron chi connectivity index (χ2n) is 4.87. The lowest BCUT2D eigenvalue weighted by Crippen LogP contribution is -2.35. The van der Waals surface area contributed by atoms with Gasteiger partial charge in [-0.2, -0.15) is 0 Å². The van der Waals surface area contributed by atoms with Crippen molar-refractivity contribution in [3.05, 3.63) is 34.9 Å². The molecule has 0 aromatic carbocycles. The third-order valence-corrected chi connectivity index (χ3v) is 3.59. The summed E-state index contributed by atoms with van der Waals surface area (Å²) in [5.41, 5.74) is 0.681. The van der Waals surface area contributed by atoms with Crippen molar-refractivity contribution >= 4 is 5.65 Å². The molecule has 1 aliphatic rings. The van der Waals surface area contributed by atoms with Gasteiger partial charge in [-0.05, 0) is 37.9 Å². The van der Waals surface area contributed by atoms with Crippen LogP contribution in [0.2, 0.25) is 0 Å². The summed E-state index contributed by atoms with van der Waals surface area (Å²) < 4.78 is 3.17. The lowest BCUT2D eigenvalue weighted by molar-refractivity contribution is 0.358. The van der Waals surface area contributed by atoms with E-state index in [2.05, 4.69) is 10.4 Å². The van der Waals surface area contributed by atoms with Crippen molar-refractivity contribution in [1.82, 2.24) is 19.5 Å². The smallest absolute Gasteiger partial charge is 0.314 e. The molecule has 1 aliphatic heterocycles. The Labute approximate surface area is 105 Å². The maximum absolute atomic E-state index is 12.0. The number of piperidine rings is 1. The van der Waals surface area contributed by atoms with Gasteiger partial charge < -0.3 is 5.32 Å². The van der Waals surface area contributed by atoms with Gasteiger partial charge in [0.1, 0.15) is 0 Å². The van der Waals surface area contributed by atoms with Crippen LogP contribution in [0.25, 0.3) is 5.65 Å². The molecule has 5 nitrogen and oxygen atoms in total. The molecule has 1 N–H and O–H groups in total. The van der Waals surface area contributed by atoms with E-state index in [1.54, 1.807) is 15.3 Å². The van der Waals surface area contributed by atoms with E-state index >= 15 is 0 Å². The van der Waals surface area contributed by atoms with Crippen LogP contribution < -0.4 is 11.0 Å². The van der Waals surface area contributed by atoms with Gasteiger partial charge in [-0.15, -0.1) is 5.10 Å². The number of nitrogens with zero attached hydrogens (tertiary/aromatic N) is 3. The van der Waals surface area contributed by atoms with E-state index in [1.807, 2.05) is 18.2 Å². The maximum atomic E-state index is 12.0. The fourth-order valence-electron chi connectivity index (χ4n) is 2.56. The van der Waals surface area contributed by atoms with E-state index in [1.165, 1.54) is 19.3 Å². The molecular weight excluding hydrogens is 228 g/mol. The Morgan fingerprint density at radius 3 is 3.11 bits per heavy atom. The van der Waals surface area contributed by atoms with Gasteiger partial charge >= 0.3 is 5.69 Å². The predicted molar refractivity (Wildman–Crippen MR) is 69.7 cm³/mol. The molecule has 0 aliphatic carbocycles. The van der Waals surface area contributed by atoms with Crippen LogP contribution in [0.4, 0.5) is 0 Å². The van der Waals surface area contributed by atoms with Gasteiger partial charge in [0.05, 0.1) is 0 Å². The number of aryl methyl sites for hydroxylation is 1. The molecule has 0 spiro atoms. The zero-order valence-corrected chi connectivity index (χ0v) is 10.4. The van der Waals surface area contributed by atoms with Crippen molar-refractivity contribution in [3.63, 3.8) is 0 Å². The topological polar surface area (TPSA) is 51.3 Å². The van der Waals surface area contributed by atoms with E-state index in [4.69, 9.17) is 0 Å². The monoisotopic (exact) mass is 246 g/mol. The molecule has 0 amide bonds. The minimum absolute atomic E-state index is 0.0404. The Hall–Kier alpha value is -1.62. The maximum Gasteiger partial charge on any atom is 0.350 e. The number of pyridine rings is 1. The van der Waals surface area contributed by atoms with Crippen molar-refractivity contribution in [2.45, 2.75) is 38.3 Å². The van der Waals surface area contributed by atoms with Gasteiger partial charge in [-0.3, -0.25) is 4.40 Å². The first-order valence-corrected chi connectivity index (χ1v) is 6.62. The van der Waals surface area contributed by atoms with Crippen molar-refractivity contribution in [1.29, 1.82) is 0 Å². The molecule has 1 unspecified atom stereocenters. The third kappa shape index (κ3) is 2.18. The van der Waals surface area contributed by atoms with Crippen LogP contribution in [0.5, 0.6) is 0 Å². The molecule has 0 bridgehead atoms. The van der Waals surface area contributed by atoms with Crippen LogP contribution in [0.3, 0.4) is 0 Å². The number of hydrogen-bond acceptors (Lipinski definition) is 3. The van der Waals surface area contributed by atoms with E-state index < -0.39 is 0 Å². The highest BCUT2D eigenvalue weighted by Gasteiger charge is 2.13. The third-order valence-electron chi connectivity index (χ3n) is 3.59. The average molecular weight is 246 g/mol. The molecule has 96 valence electrons.